The van der Waals surface area contributed by atoms with Gasteiger partial charge in [-0.25, -0.2) is 18.1 Å². The largest absolute Gasteiger partial charge is 0.322 e. The molecular formula is C25H25N5O3S. The average Bonchev–Trinajstić information content (AvgIpc) is 3.18. The zero-order chi connectivity index (χ0) is 24.3. The van der Waals surface area contributed by atoms with Gasteiger partial charge in [-0.05, 0) is 61.9 Å². The number of hydrogen-bond acceptors (Lipinski definition) is 5. The third kappa shape index (κ3) is 5.05. The van der Waals surface area contributed by atoms with Gasteiger partial charge in [0.2, 0.25) is 10.0 Å². The molecule has 1 amide bonds. The number of aromatic nitrogens is 3. The molecule has 174 valence electrons. The molecule has 0 aliphatic rings. The Balaban J connectivity index is 1.43. The van der Waals surface area contributed by atoms with Crippen molar-refractivity contribution in [1.29, 1.82) is 0 Å². The number of rotatable bonds is 7. The van der Waals surface area contributed by atoms with Crippen LogP contribution in [0, 0.1) is 13.8 Å². The molecule has 0 bridgehead atoms. The molecule has 1 N–H and O–H groups in total. The summed E-state index contributed by atoms with van der Waals surface area (Å²) >= 11 is 0. The summed E-state index contributed by atoms with van der Waals surface area (Å²) in [5.74, 6) is 0.278. The molecule has 9 heteroatoms. The molecule has 0 radical (unpaired) electrons. The number of aryl methyl sites for hydroxylation is 2. The number of pyridine rings is 1. The first-order valence-electron chi connectivity index (χ1n) is 10.7. The predicted molar refractivity (Wildman–Crippen MR) is 130 cm³/mol. The number of sulfonamides is 1. The molecule has 0 saturated heterocycles. The number of anilines is 1. The normalized spacial score (nSPS) is 11.5. The molecule has 0 spiro atoms. The van der Waals surface area contributed by atoms with Crippen molar-refractivity contribution in [3.8, 4) is 5.82 Å². The van der Waals surface area contributed by atoms with Gasteiger partial charge in [-0.2, -0.15) is 9.40 Å². The summed E-state index contributed by atoms with van der Waals surface area (Å²) in [5, 5.41) is 7.16. The number of nitrogens with zero attached hydrogens (tertiary/aromatic N) is 4. The van der Waals surface area contributed by atoms with Crippen molar-refractivity contribution in [2.75, 3.05) is 12.4 Å². The molecule has 0 aliphatic carbocycles. The summed E-state index contributed by atoms with van der Waals surface area (Å²) in [6.45, 7) is 4.11. The van der Waals surface area contributed by atoms with E-state index in [1.54, 1.807) is 36.0 Å². The van der Waals surface area contributed by atoms with E-state index in [9.17, 15) is 13.2 Å². The first kappa shape index (κ1) is 23.3. The van der Waals surface area contributed by atoms with E-state index in [1.807, 2.05) is 50.2 Å². The number of nitrogens with one attached hydrogen (secondary N) is 1. The minimum absolute atomic E-state index is 0.153. The van der Waals surface area contributed by atoms with Gasteiger partial charge in [0.25, 0.3) is 5.91 Å². The molecule has 0 fully saturated rings. The second-order valence-electron chi connectivity index (χ2n) is 7.97. The minimum atomic E-state index is -3.67. The van der Waals surface area contributed by atoms with Crippen LogP contribution in [-0.2, 0) is 16.6 Å². The van der Waals surface area contributed by atoms with Crippen LogP contribution in [0.5, 0.6) is 0 Å². The summed E-state index contributed by atoms with van der Waals surface area (Å²) < 4.78 is 28.8. The van der Waals surface area contributed by atoms with E-state index in [4.69, 9.17) is 0 Å². The summed E-state index contributed by atoms with van der Waals surface area (Å²) in [4.78, 5) is 17.1. The average molecular weight is 476 g/mol. The lowest BCUT2D eigenvalue weighted by atomic mass is 10.2. The topological polar surface area (TPSA) is 97.2 Å². The number of carbonyl (C=O) groups is 1. The maximum absolute atomic E-state index is 12.9. The van der Waals surface area contributed by atoms with Crippen molar-refractivity contribution in [2.45, 2.75) is 25.3 Å². The van der Waals surface area contributed by atoms with Crippen LogP contribution in [0.4, 0.5) is 5.69 Å². The highest BCUT2D eigenvalue weighted by atomic mass is 32.2. The van der Waals surface area contributed by atoms with E-state index in [2.05, 4.69) is 15.4 Å². The first-order chi connectivity index (χ1) is 16.2. The minimum Gasteiger partial charge on any atom is -0.322 e. The van der Waals surface area contributed by atoms with Crippen LogP contribution in [0.2, 0.25) is 0 Å². The zero-order valence-corrected chi connectivity index (χ0v) is 20.0. The third-order valence-corrected chi connectivity index (χ3v) is 7.12. The van der Waals surface area contributed by atoms with E-state index in [1.165, 1.54) is 22.6 Å². The molecule has 0 aliphatic heterocycles. The highest BCUT2D eigenvalue weighted by Crippen LogP contribution is 2.20. The molecule has 4 rings (SSSR count). The maximum Gasteiger partial charge on any atom is 0.257 e. The fourth-order valence-corrected chi connectivity index (χ4v) is 4.68. The Morgan fingerprint density at radius 2 is 1.71 bits per heavy atom. The molecule has 2 aromatic carbocycles. The van der Waals surface area contributed by atoms with Gasteiger partial charge in [0.05, 0.1) is 16.2 Å². The van der Waals surface area contributed by atoms with Gasteiger partial charge in [0, 0.05) is 31.2 Å². The van der Waals surface area contributed by atoms with Gasteiger partial charge in [-0.15, -0.1) is 0 Å². The van der Waals surface area contributed by atoms with E-state index < -0.39 is 10.0 Å². The Labute approximate surface area is 198 Å². The lowest BCUT2D eigenvalue weighted by molar-refractivity contribution is 0.102. The number of benzene rings is 2. The van der Waals surface area contributed by atoms with Crippen molar-refractivity contribution in [2.24, 2.45) is 0 Å². The van der Waals surface area contributed by atoms with E-state index >= 15 is 0 Å². The standard InChI is InChI=1S/C25H25N5O3S/c1-18-15-19(2)30(28-18)24-14-9-21(16-26-24)25(31)27-22-10-12-23(13-11-22)34(32,33)29(3)17-20-7-5-4-6-8-20/h4-16H,17H2,1-3H3,(H,27,31). The van der Waals surface area contributed by atoms with Crippen LogP contribution in [0.25, 0.3) is 5.82 Å². The number of carbonyl (C=O) groups excluding carboxylic acids is 1. The van der Waals surface area contributed by atoms with E-state index in [0.29, 0.717) is 17.1 Å². The van der Waals surface area contributed by atoms with Crippen molar-refractivity contribution in [1.82, 2.24) is 19.1 Å². The molecule has 2 aromatic heterocycles. The van der Waals surface area contributed by atoms with Crippen molar-refractivity contribution >= 4 is 21.6 Å². The molecule has 34 heavy (non-hydrogen) atoms. The van der Waals surface area contributed by atoms with Crippen molar-refractivity contribution < 1.29 is 13.2 Å². The molecule has 0 atom stereocenters. The SMILES string of the molecule is Cc1cc(C)n(-c2ccc(C(=O)Nc3ccc(S(=O)(=O)N(C)Cc4ccccc4)cc3)cn2)n1. The molecule has 0 unspecified atom stereocenters. The van der Waals surface area contributed by atoms with Crippen molar-refractivity contribution in [3.05, 3.63) is 102 Å². The van der Waals surface area contributed by atoms with Crippen LogP contribution in [0.15, 0.2) is 83.9 Å². The Kier molecular flexibility index (Phi) is 6.58. The second-order valence-corrected chi connectivity index (χ2v) is 10.0. The van der Waals surface area contributed by atoms with Gasteiger partial charge in [-0.3, -0.25) is 4.79 Å². The summed E-state index contributed by atoms with van der Waals surface area (Å²) in [6.07, 6.45) is 1.48. The lowest BCUT2D eigenvalue weighted by Crippen LogP contribution is -2.26. The molecule has 0 saturated carbocycles. The van der Waals surface area contributed by atoms with Crippen LogP contribution in [-0.4, -0.2) is 40.4 Å². The summed E-state index contributed by atoms with van der Waals surface area (Å²) in [5.41, 5.74) is 3.60. The Morgan fingerprint density at radius 3 is 2.29 bits per heavy atom. The van der Waals surface area contributed by atoms with Gasteiger partial charge in [-0.1, -0.05) is 30.3 Å². The van der Waals surface area contributed by atoms with Gasteiger partial charge < -0.3 is 5.32 Å². The zero-order valence-electron chi connectivity index (χ0n) is 19.1. The summed E-state index contributed by atoms with van der Waals surface area (Å²) in [7, 11) is -2.12. The Hall–Kier alpha value is -3.82. The first-order valence-corrected chi connectivity index (χ1v) is 12.1. The fraction of sp³-hybridized carbons (Fsp3) is 0.160. The number of amides is 1. The highest BCUT2D eigenvalue weighted by Gasteiger charge is 2.21. The molecular weight excluding hydrogens is 450 g/mol. The van der Waals surface area contributed by atoms with E-state index in [0.717, 1.165) is 17.0 Å². The smallest absolute Gasteiger partial charge is 0.257 e. The van der Waals surface area contributed by atoms with E-state index in [-0.39, 0.29) is 17.3 Å². The van der Waals surface area contributed by atoms with Gasteiger partial charge >= 0.3 is 0 Å². The second kappa shape index (κ2) is 9.58. The Morgan fingerprint density at radius 1 is 1.00 bits per heavy atom. The lowest BCUT2D eigenvalue weighted by Gasteiger charge is -2.17. The van der Waals surface area contributed by atoms with Crippen LogP contribution in [0.3, 0.4) is 0 Å². The summed E-state index contributed by atoms with van der Waals surface area (Å²) in [6, 6.07) is 20.8. The molecule has 8 nitrogen and oxygen atoms in total. The Bertz CT molecular complexity index is 1400. The highest BCUT2D eigenvalue weighted by molar-refractivity contribution is 7.89. The number of hydrogen-bond donors (Lipinski definition) is 1. The van der Waals surface area contributed by atoms with Gasteiger partial charge in [0.15, 0.2) is 5.82 Å². The molecule has 2 heterocycles. The van der Waals surface area contributed by atoms with Crippen molar-refractivity contribution in [3.63, 3.8) is 0 Å². The van der Waals surface area contributed by atoms with Crippen LogP contribution < -0.4 is 5.32 Å². The quantitative estimate of drug-likeness (QED) is 0.436. The third-order valence-electron chi connectivity index (χ3n) is 5.31. The van der Waals surface area contributed by atoms with Gasteiger partial charge in [0.1, 0.15) is 0 Å². The van der Waals surface area contributed by atoms with Crippen LogP contribution >= 0.6 is 0 Å². The predicted octanol–water partition coefficient (Wildman–Crippen LogP) is 3.96. The van der Waals surface area contributed by atoms with Crippen LogP contribution in [0.1, 0.15) is 27.3 Å². The maximum atomic E-state index is 12.9. The molecule has 4 aromatic rings. The monoisotopic (exact) mass is 475 g/mol. The fourth-order valence-electron chi connectivity index (χ4n) is 3.53.